The normalized spacial score (nSPS) is 17.2. The van der Waals surface area contributed by atoms with Crippen LogP contribution in [0.25, 0.3) is 0 Å². The molecule has 1 aliphatic heterocycles. The number of thioether (sulfide) groups is 1. The molecule has 1 atom stereocenters. The van der Waals surface area contributed by atoms with Crippen molar-refractivity contribution < 1.29 is 14.3 Å². The quantitative estimate of drug-likeness (QED) is 0.399. The van der Waals surface area contributed by atoms with Crippen LogP contribution in [0.4, 0.5) is 11.4 Å². The van der Waals surface area contributed by atoms with Crippen LogP contribution in [-0.4, -0.2) is 34.2 Å². The molecule has 0 radical (unpaired) electrons. The monoisotopic (exact) mass is 571 g/mol. The summed E-state index contributed by atoms with van der Waals surface area (Å²) in [5, 5.41) is 2.85. The minimum Gasteiger partial charge on any atom is -0.497 e. The zero-order valence-corrected chi connectivity index (χ0v) is 20.9. The second-order valence-corrected chi connectivity index (χ2v) is 9.78. The summed E-state index contributed by atoms with van der Waals surface area (Å²) in [6.45, 7) is 0.396. The summed E-state index contributed by atoms with van der Waals surface area (Å²) in [6.07, 6.45) is 0.106. The molecule has 0 aromatic heterocycles. The number of rotatable bonds is 6. The molecule has 0 aliphatic carbocycles. The number of ether oxygens (including phenoxy) is 1. The lowest BCUT2D eigenvalue weighted by atomic mass is 10.2. The second-order valence-electron chi connectivity index (χ2n) is 7.36. The molecule has 1 saturated heterocycles. The molecule has 3 aromatic rings. The van der Waals surface area contributed by atoms with E-state index in [0.717, 1.165) is 14.9 Å². The van der Waals surface area contributed by atoms with Crippen molar-refractivity contribution in [2.24, 2.45) is 4.99 Å². The van der Waals surface area contributed by atoms with E-state index in [1.54, 1.807) is 12.0 Å². The molecule has 3 aromatic carbocycles. The van der Waals surface area contributed by atoms with Gasteiger partial charge in [-0.1, -0.05) is 42.1 Å². The van der Waals surface area contributed by atoms with E-state index in [0.29, 0.717) is 23.1 Å². The van der Waals surface area contributed by atoms with E-state index in [9.17, 15) is 9.59 Å². The first-order valence-corrected chi connectivity index (χ1v) is 12.3. The van der Waals surface area contributed by atoms with Crippen molar-refractivity contribution in [2.45, 2.75) is 18.2 Å². The molecule has 1 fully saturated rings. The molecular formula is C25H22IN3O3S. The standard InChI is InChI=1S/C25H22IN3O3S/c1-32-21-13-11-20(12-14-21)28-25-29(16-17-5-3-2-4-6-17)23(30)15-22(33-25)24(31)27-19-9-7-18(26)8-10-19/h2-14,22H,15-16H2,1H3,(H,27,31). The van der Waals surface area contributed by atoms with Gasteiger partial charge in [0.2, 0.25) is 11.8 Å². The Labute approximate surface area is 210 Å². The smallest absolute Gasteiger partial charge is 0.238 e. The van der Waals surface area contributed by atoms with Crippen LogP contribution in [0, 0.1) is 3.57 Å². The Bertz CT molecular complexity index is 1150. The second kappa shape index (κ2) is 10.8. The van der Waals surface area contributed by atoms with Crippen molar-refractivity contribution in [1.82, 2.24) is 4.90 Å². The molecule has 1 unspecified atom stereocenters. The largest absolute Gasteiger partial charge is 0.497 e. The van der Waals surface area contributed by atoms with Gasteiger partial charge in [-0.25, -0.2) is 4.99 Å². The summed E-state index contributed by atoms with van der Waals surface area (Å²) >= 11 is 3.52. The summed E-state index contributed by atoms with van der Waals surface area (Å²) in [7, 11) is 1.61. The molecule has 8 heteroatoms. The van der Waals surface area contributed by atoms with Crippen LogP contribution in [-0.2, 0) is 16.1 Å². The molecule has 0 saturated carbocycles. The van der Waals surface area contributed by atoms with Gasteiger partial charge in [0.15, 0.2) is 5.17 Å². The van der Waals surface area contributed by atoms with E-state index in [2.05, 4.69) is 27.9 Å². The number of halogens is 1. The number of carbonyl (C=O) groups excluding carboxylic acids is 2. The van der Waals surface area contributed by atoms with Crippen molar-refractivity contribution in [3.05, 3.63) is 88.0 Å². The van der Waals surface area contributed by atoms with E-state index in [4.69, 9.17) is 9.73 Å². The van der Waals surface area contributed by atoms with Gasteiger partial charge in [-0.05, 0) is 76.7 Å². The highest BCUT2D eigenvalue weighted by molar-refractivity contribution is 14.1. The summed E-state index contributed by atoms with van der Waals surface area (Å²) in [6, 6.07) is 24.6. The maximum Gasteiger partial charge on any atom is 0.238 e. The first-order valence-electron chi connectivity index (χ1n) is 10.3. The SMILES string of the molecule is COc1ccc(N=C2SC(C(=O)Nc3ccc(I)cc3)CC(=O)N2Cc2ccccc2)cc1. The van der Waals surface area contributed by atoms with Gasteiger partial charge >= 0.3 is 0 Å². The van der Waals surface area contributed by atoms with Gasteiger partial charge in [0.05, 0.1) is 19.3 Å². The number of amidine groups is 1. The fourth-order valence-electron chi connectivity index (χ4n) is 3.29. The molecule has 2 amide bonds. The van der Waals surface area contributed by atoms with E-state index < -0.39 is 5.25 Å². The molecule has 0 bridgehead atoms. The summed E-state index contributed by atoms with van der Waals surface area (Å²) in [5.74, 6) is 0.381. The number of amides is 2. The van der Waals surface area contributed by atoms with Crippen molar-refractivity contribution in [3.63, 3.8) is 0 Å². The number of nitrogens with one attached hydrogen (secondary N) is 1. The molecule has 4 rings (SSSR count). The van der Waals surface area contributed by atoms with Gasteiger partial charge in [0.25, 0.3) is 0 Å². The van der Waals surface area contributed by atoms with E-state index in [-0.39, 0.29) is 18.2 Å². The molecule has 168 valence electrons. The van der Waals surface area contributed by atoms with E-state index in [1.165, 1.54) is 11.8 Å². The summed E-state index contributed by atoms with van der Waals surface area (Å²) in [5.41, 5.74) is 2.38. The van der Waals surface area contributed by atoms with Gasteiger partial charge in [0, 0.05) is 15.7 Å². The van der Waals surface area contributed by atoms with Gasteiger partial charge < -0.3 is 10.1 Å². The number of aliphatic imine (C=N–C) groups is 1. The molecule has 1 N–H and O–H groups in total. The van der Waals surface area contributed by atoms with Crippen LogP contribution in [0.3, 0.4) is 0 Å². The van der Waals surface area contributed by atoms with Crippen LogP contribution >= 0.6 is 34.4 Å². The van der Waals surface area contributed by atoms with Crippen molar-refractivity contribution in [2.75, 3.05) is 12.4 Å². The zero-order valence-electron chi connectivity index (χ0n) is 17.9. The highest BCUT2D eigenvalue weighted by atomic mass is 127. The number of hydrogen-bond donors (Lipinski definition) is 1. The Kier molecular flexibility index (Phi) is 7.66. The van der Waals surface area contributed by atoms with Crippen LogP contribution in [0.2, 0.25) is 0 Å². The third-order valence-electron chi connectivity index (χ3n) is 5.02. The van der Waals surface area contributed by atoms with Gasteiger partial charge in [-0.3, -0.25) is 14.5 Å². The Balaban J connectivity index is 1.59. The van der Waals surface area contributed by atoms with Crippen molar-refractivity contribution in [3.8, 4) is 5.75 Å². The minimum absolute atomic E-state index is 0.106. The minimum atomic E-state index is -0.569. The summed E-state index contributed by atoms with van der Waals surface area (Å²) < 4.78 is 6.30. The van der Waals surface area contributed by atoms with Crippen molar-refractivity contribution >= 4 is 62.7 Å². The zero-order chi connectivity index (χ0) is 23.2. The van der Waals surface area contributed by atoms with Gasteiger partial charge in [-0.2, -0.15) is 0 Å². The maximum atomic E-state index is 13.1. The Morgan fingerprint density at radius 3 is 2.45 bits per heavy atom. The van der Waals surface area contributed by atoms with Crippen LogP contribution in [0.5, 0.6) is 5.75 Å². The predicted octanol–water partition coefficient (Wildman–Crippen LogP) is 5.46. The Morgan fingerprint density at radius 2 is 1.79 bits per heavy atom. The molecule has 1 aliphatic rings. The fraction of sp³-hybridized carbons (Fsp3) is 0.160. The molecule has 6 nitrogen and oxygen atoms in total. The lowest BCUT2D eigenvalue weighted by Crippen LogP contribution is -2.44. The fourth-order valence-corrected chi connectivity index (χ4v) is 4.74. The average Bonchev–Trinajstić information content (AvgIpc) is 2.83. The van der Waals surface area contributed by atoms with Gasteiger partial charge in [-0.15, -0.1) is 0 Å². The number of benzene rings is 3. The first-order chi connectivity index (χ1) is 16.0. The molecule has 1 heterocycles. The number of anilines is 1. The number of carbonyl (C=O) groups is 2. The van der Waals surface area contributed by atoms with Gasteiger partial charge in [0.1, 0.15) is 11.0 Å². The molecule has 33 heavy (non-hydrogen) atoms. The maximum absolute atomic E-state index is 13.1. The molecule has 0 spiro atoms. The molecular weight excluding hydrogens is 549 g/mol. The van der Waals surface area contributed by atoms with Crippen molar-refractivity contribution in [1.29, 1.82) is 0 Å². The van der Waals surface area contributed by atoms with Crippen LogP contribution < -0.4 is 10.1 Å². The number of hydrogen-bond acceptors (Lipinski definition) is 5. The average molecular weight is 571 g/mol. The third-order valence-corrected chi connectivity index (χ3v) is 6.93. The number of nitrogens with zero attached hydrogens (tertiary/aromatic N) is 2. The topological polar surface area (TPSA) is 71.0 Å². The highest BCUT2D eigenvalue weighted by Gasteiger charge is 2.36. The Morgan fingerprint density at radius 1 is 1.09 bits per heavy atom. The van der Waals surface area contributed by atoms with Crippen LogP contribution in [0.1, 0.15) is 12.0 Å². The van der Waals surface area contributed by atoms with E-state index >= 15 is 0 Å². The number of methoxy groups -OCH3 is 1. The predicted molar refractivity (Wildman–Crippen MR) is 141 cm³/mol. The van der Waals surface area contributed by atoms with E-state index in [1.807, 2.05) is 78.9 Å². The summed E-state index contributed by atoms with van der Waals surface area (Å²) in [4.78, 5) is 32.5. The highest BCUT2D eigenvalue weighted by Crippen LogP contribution is 2.31. The lowest BCUT2D eigenvalue weighted by Gasteiger charge is -2.32. The first kappa shape index (κ1) is 23.3. The Hall–Kier alpha value is -2.85. The third kappa shape index (κ3) is 6.14. The van der Waals surface area contributed by atoms with Crippen LogP contribution in [0.15, 0.2) is 83.9 Å². The lowest BCUT2D eigenvalue weighted by molar-refractivity contribution is -0.129.